The van der Waals surface area contributed by atoms with Gasteiger partial charge in [0, 0.05) is 35.8 Å². The average Bonchev–Trinajstić information content (AvgIpc) is 3.30. The van der Waals surface area contributed by atoms with Gasteiger partial charge in [-0.25, -0.2) is 0 Å². The lowest BCUT2D eigenvalue weighted by Gasteiger charge is -2.35. The van der Waals surface area contributed by atoms with Gasteiger partial charge in [-0.3, -0.25) is 4.79 Å². The summed E-state index contributed by atoms with van der Waals surface area (Å²) >= 11 is 6.21. The topological polar surface area (TPSA) is 41.6 Å². The van der Waals surface area contributed by atoms with E-state index in [1.54, 1.807) is 6.07 Å². The highest BCUT2D eigenvalue weighted by Crippen LogP contribution is 2.34. The maximum atomic E-state index is 12.9. The Labute approximate surface area is 160 Å². The van der Waals surface area contributed by atoms with Gasteiger partial charge in [0.1, 0.15) is 5.75 Å². The first-order chi connectivity index (χ1) is 12.6. The predicted molar refractivity (Wildman–Crippen MR) is 104 cm³/mol. The minimum absolute atomic E-state index is 0.0809. The molecule has 3 aliphatic rings. The van der Waals surface area contributed by atoms with Crippen molar-refractivity contribution in [1.29, 1.82) is 0 Å². The third-order valence-electron chi connectivity index (χ3n) is 5.86. The van der Waals surface area contributed by atoms with E-state index in [1.807, 2.05) is 6.07 Å². The third-order valence-corrected chi connectivity index (χ3v) is 6.08. The largest absolute Gasteiger partial charge is 0.492 e. The molecule has 0 spiro atoms. The van der Waals surface area contributed by atoms with E-state index in [1.165, 1.54) is 37.8 Å². The lowest BCUT2D eigenvalue weighted by Crippen LogP contribution is -2.47. The molecule has 1 amide bonds. The van der Waals surface area contributed by atoms with Crippen molar-refractivity contribution in [1.82, 2.24) is 10.2 Å². The molecule has 0 saturated carbocycles. The van der Waals surface area contributed by atoms with Crippen molar-refractivity contribution in [2.24, 2.45) is 0 Å². The summed E-state index contributed by atoms with van der Waals surface area (Å²) in [6.45, 7) is 3.85. The molecule has 1 saturated heterocycles. The van der Waals surface area contributed by atoms with Crippen LogP contribution in [0, 0.1) is 0 Å². The number of likely N-dealkylation sites (tertiary alicyclic amines) is 1. The van der Waals surface area contributed by atoms with Crippen LogP contribution in [-0.4, -0.2) is 36.0 Å². The summed E-state index contributed by atoms with van der Waals surface area (Å²) in [7, 11) is 0. The van der Waals surface area contributed by atoms with Crippen LogP contribution in [-0.2, 0) is 6.42 Å². The second-order valence-corrected chi connectivity index (χ2v) is 8.08. The number of rotatable bonds is 4. The zero-order chi connectivity index (χ0) is 18.1. The van der Waals surface area contributed by atoms with Crippen molar-refractivity contribution < 1.29 is 9.53 Å². The summed E-state index contributed by atoms with van der Waals surface area (Å²) < 4.78 is 5.69. The monoisotopic (exact) mass is 374 g/mol. The molecule has 2 atom stereocenters. The maximum Gasteiger partial charge on any atom is 0.255 e. The molecule has 1 fully saturated rings. The van der Waals surface area contributed by atoms with E-state index in [0.29, 0.717) is 29.0 Å². The Balaban J connectivity index is 1.48. The molecule has 2 aliphatic heterocycles. The zero-order valence-corrected chi connectivity index (χ0v) is 16.1. The molecular formula is C21H27ClN2O2. The minimum atomic E-state index is -0.0809. The number of fused-ring (bicyclic) bond motifs is 1. The molecule has 0 radical (unpaired) electrons. The van der Waals surface area contributed by atoms with E-state index in [9.17, 15) is 4.79 Å². The Hall–Kier alpha value is -1.68. The van der Waals surface area contributed by atoms with Gasteiger partial charge in [0.25, 0.3) is 5.91 Å². The van der Waals surface area contributed by atoms with Crippen LogP contribution in [0.5, 0.6) is 5.75 Å². The van der Waals surface area contributed by atoms with Crippen molar-refractivity contribution in [3.8, 4) is 5.75 Å². The first-order valence-electron chi connectivity index (χ1n) is 9.85. The van der Waals surface area contributed by atoms with Crippen molar-refractivity contribution in [2.75, 3.05) is 13.2 Å². The molecule has 4 nitrogen and oxygen atoms in total. The number of ether oxygens (including phenoxy) is 1. The molecule has 5 heteroatoms. The first kappa shape index (κ1) is 17.7. The van der Waals surface area contributed by atoms with Crippen molar-refractivity contribution in [2.45, 2.75) is 64.0 Å². The van der Waals surface area contributed by atoms with Gasteiger partial charge in [0.15, 0.2) is 0 Å². The number of carbonyl (C=O) groups excluding carboxylic acids is 1. The van der Waals surface area contributed by atoms with Gasteiger partial charge in [-0.05, 0) is 63.1 Å². The highest BCUT2D eigenvalue weighted by Gasteiger charge is 2.32. The fourth-order valence-corrected chi connectivity index (χ4v) is 4.81. The predicted octanol–water partition coefficient (Wildman–Crippen LogP) is 4.32. The molecule has 140 valence electrons. The second kappa shape index (κ2) is 7.51. The van der Waals surface area contributed by atoms with Gasteiger partial charge in [-0.1, -0.05) is 17.7 Å². The normalized spacial score (nSPS) is 23.2. The summed E-state index contributed by atoms with van der Waals surface area (Å²) in [6.07, 6.45) is 10.5. The number of hydrogen-bond acceptors (Lipinski definition) is 3. The maximum absolute atomic E-state index is 12.9. The molecular weight excluding hydrogens is 348 g/mol. The molecule has 1 aromatic rings. The van der Waals surface area contributed by atoms with Crippen molar-refractivity contribution >= 4 is 17.5 Å². The van der Waals surface area contributed by atoms with Gasteiger partial charge in [-0.2, -0.15) is 0 Å². The van der Waals surface area contributed by atoms with E-state index in [0.717, 1.165) is 24.9 Å². The number of amides is 1. The van der Waals surface area contributed by atoms with Gasteiger partial charge in [0.05, 0.1) is 12.2 Å². The van der Waals surface area contributed by atoms with E-state index in [4.69, 9.17) is 16.3 Å². The number of carbonyl (C=O) groups is 1. The van der Waals surface area contributed by atoms with Gasteiger partial charge < -0.3 is 15.0 Å². The van der Waals surface area contributed by atoms with Gasteiger partial charge in [0.2, 0.25) is 0 Å². The summed E-state index contributed by atoms with van der Waals surface area (Å²) in [5.41, 5.74) is 3.08. The van der Waals surface area contributed by atoms with Crippen LogP contribution >= 0.6 is 11.6 Å². The lowest BCUT2D eigenvalue weighted by atomic mass is 10.0. The van der Waals surface area contributed by atoms with Crippen molar-refractivity contribution in [3.05, 3.63) is 40.1 Å². The molecule has 0 aromatic heterocycles. The third kappa shape index (κ3) is 3.44. The lowest BCUT2D eigenvalue weighted by molar-refractivity contribution is 0.0916. The molecule has 0 bridgehead atoms. The first-order valence-corrected chi connectivity index (χ1v) is 10.2. The van der Waals surface area contributed by atoms with Crippen LogP contribution < -0.4 is 10.1 Å². The van der Waals surface area contributed by atoms with Crippen LogP contribution in [0.3, 0.4) is 0 Å². The number of nitrogens with one attached hydrogen (secondary N) is 1. The van der Waals surface area contributed by atoms with Crippen LogP contribution in [0.2, 0.25) is 5.02 Å². The van der Waals surface area contributed by atoms with Gasteiger partial charge >= 0.3 is 0 Å². The molecule has 1 aromatic carbocycles. The summed E-state index contributed by atoms with van der Waals surface area (Å²) in [5, 5.41) is 3.82. The summed E-state index contributed by atoms with van der Waals surface area (Å²) in [5.74, 6) is 0.625. The van der Waals surface area contributed by atoms with Crippen molar-refractivity contribution in [3.63, 3.8) is 0 Å². The Morgan fingerprint density at radius 1 is 1.31 bits per heavy atom. The SMILES string of the molecule is CC(NC(=O)c1cc(Cl)cc2c1OCC2)C1CCCN1C1=CCCCC1. The smallest absolute Gasteiger partial charge is 0.255 e. The Morgan fingerprint density at radius 2 is 2.19 bits per heavy atom. The molecule has 2 unspecified atom stereocenters. The van der Waals surface area contributed by atoms with Gasteiger partial charge in [-0.15, -0.1) is 0 Å². The highest BCUT2D eigenvalue weighted by atomic mass is 35.5. The van der Waals surface area contributed by atoms with E-state index < -0.39 is 0 Å². The zero-order valence-electron chi connectivity index (χ0n) is 15.4. The number of halogens is 1. The highest BCUT2D eigenvalue weighted by molar-refractivity contribution is 6.31. The molecule has 1 aliphatic carbocycles. The molecule has 26 heavy (non-hydrogen) atoms. The average molecular weight is 375 g/mol. The second-order valence-electron chi connectivity index (χ2n) is 7.65. The standard InChI is InChI=1S/C21H27ClN2O2/c1-14(19-8-5-10-24(19)17-6-3-2-4-7-17)23-21(25)18-13-16(22)12-15-9-11-26-20(15)18/h6,12-14,19H,2-5,7-11H2,1H3,(H,23,25). The van der Waals surface area contributed by atoms with Crippen LogP contribution in [0.25, 0.3) is 0 Å². The fourth-order valence-electron chi connectivity index (χ4n) is 4.57. The Kier molecular flexibility index (Phi) is 5.12. The Morgan fingerprint density at radius 3 is 3.00 bits per heavy atom. The quantitative estimate of drug-likeness (QED) is 0.853. The van der Waals surface area contributed by atoms with E-state index in [2.05, 4.69) is 23.2 Å². The number of allylic oxidation sites excluding steroid dienone is 2. The van der Waals surface area contributed by atoms with Crippen LogP contribution in [0.15, 0.2) is 23.9 Å². The van der Waals surface area contributed by atoms with Crippen LogP contribution in [0.1, 0.15) is 61.4 Å². The fraction of sp³-hybridized carbons (Fsp3) is 0.571. The number of hydrogen-bond donors (Lipinski definition) is 1. The Bertz CT molecular complexity index is 731. The molecule has 1 N–H and O–H groups in total. The van der Waals surface area contributed by atoms with Crippen LogP contribution in [0.4, 0.5) is 0 Å². The molecule has 4 rings (SSSR count). The van der Waals surface area contributed by atoms with E-state index in [-0.39, 0.29) is 11.9 Å². The van der Waals surface area contributed by atoms with E-state index >= 15 is 0 Å². The summed E-state index contributed by atoms with van der Waals surface area (Å²) in [4.78, 5) is 15.5. The number of nitrogens with zero attached hydrogens (tertiary/aromatic N) is 1. The summed E-state index contributed by atoms with van der Waals surface area (Å²) in [6, 6.07) is 4.09. The molecule has 2 heterocycles. The number of benzene rings is 1. The minimum Gasteiger partial charge on any atom is -0.492 e.